The van der Waals surface area contributed by atoms with Crippen LogP contribution in [0.2, 0.25) is 0 Å². The summed E-state index contributed by atoms with van der Waals surface area (Å²) in [5.74, 6) is 5.25. The molecular weight excluding hydrogens is 418 g/mol. The Morgan fingerprint density at radius 2 is 1.88 bits per heavy atom. The first-order valence-electron chi connectivity index (χ1n) is 14.8. The third-order valence-electron chi connectivity index (χ3n) is 11.1. The van der Waals surface area contributed by atoms with Gasteiger partial charge in [0.2, 0.25) is 0 Å². The molecule has 3 saturated carbocycles. The van der Waals surface area contributed by atoms with Gasteiger partial charge in [-0.1, -0.05) is 72.5 Å². The highest BCUT2D eigenvalue weighted by Gasteiger charge is 2.59. The first kappa shape index (κ1) is 26.1. The number of hydrogen-bond donors (Lipinski definition) is 1. The monoisotopic (exact) mass is 471 g/mol. The fourth-order valence-electron chi connectivity index (χ4n) is 9.17. The molecule has 0 aromatic carbocycles. The fraction of sp³-hybridized carbons (Fsp3) is 0.903. The Kier molecular flexibility index (Phi) is 8.10. The summed E-state index contributed by atoms with van der Waals surface area (Å²) in [6, 6.07) is 0. The van der Waals surface area contributed by atoms with E-state index < -0.39 is 0 Å². The van der Waals surface area contributed by atoms with Gasteiger partial charge in [-0.05, 0) is 97.7 Å². The zero-order valence-corrected chi connectivity index (χ0v) is 23.1. The molecule has 0 aliphatic heterocycles. The molecule has 3 nitrogen and oxygen atoms in total. The van der Waals surface area contributed by atoms with E-state index in [1.807, 2.05) is 0 Å². The van der Waals surface area contributed by atoms with Crippen molar-refractivity contribution in [3.63, 3.8) is 0 Å². The number of allylic oxidation sites excluding steroid dienone is 1. The van der Waals surface area contributed by atoms with E-state index in [4.69, 9.17) is 4.74 Å². The SMILES string of the molecule is CCCNC(=O)OC1CC[C@@]2(C)C(=CCC3C2CC[C@@]2(C)C3CC[C@@H]2C(C)CCCC(C)C)C1. The summed E-state index contributed by atoms with van der Waals surface area (Å²) in [6.07, 6.45) is 17.8. The summed E-state index contributed by atoms with van der Waals surface area (Å²) in [6.45, 7) is 15.3. The van der Waals surface area contributed by atoms with E-state index in [0.29, 0.717) is 17.4 Å². The molecule has 0 aromatic rings. The molecule has 1 amide bonds. The molecule has 3 fully saturated rings. The Morgan fingerprint density at radius 3 is 2.62 bits per heavy atom. The number of carbonyl (C=O) groups excluding carboxylic acids is 1. The summed E-state index contributed by atoms with van der Waals surface area (Å²) in [7, 11) is 0. The summed E-state index contributed by atoms with van der Waals surface area (Å²) in [4.78, 5) is 12.1. The van der Waals surface area contributed by atoms with Crippen LogP contribution in [0.4, 0.5) is 4.79 Å². The van der Waals surface area contributed by atoms with E-state index in [2.05, 4.69) is 52.9 Å². The molecule has 1 N–H and O–H groups in total. The number of hydrogen-bond acceptors (Lipinski definition) is 2. The third kappa shape index (κ3) is 4.96. The zero-order chi connectivity index (χ0) is 24.5. The smallest absolute Gasteiger partial charge is 0.407 e. The predicted molar refractivity (Wildman–Crippen MR) is 142 cm³/mol. The first-order valence-corrected chi connectivity index (χ1v) is 14.8. The van der Waals surface area contributed by atoms with Gasteiger partial charge in [-0.3, -0.25) is 0 Å². The Hall–Kier alpha value is -0.990. The number of alkyl carbamates (subject to hydrolysis) is 1. The predicted octanol–water partition coefficient (Wildman–Crippen LogP) is 8.53. The quantitative estimate of drug-likeness (QED) is 0.360. The summed E-state index contributed by atoms with van der Waals surface area (Å²) >= 11 is 0. The fourth-order valence-corrected chi connectivity index (χ4v) is 9.17. The topological polar surface area (TPSA) is 38.3 Å². The lowest BCUT2D eigenvalue weighted by Crippen LogP contribution is -2.51. The minimum atomic E-state index is -0.224. The van der Waals surface area contributed by atoms with E-state index in [-0.39, 0.29) is 12.2 Å². The number of nitrogens with one attached hydrogen (secondary N) is 1. The van der Waals surface area contributed by atoms with Crippen LogP contribution in [0.3, 0.4) is 0 Å². The van der Waals surface area contributed by atoms with Crippen LogP contribution in [0.25, 0.3) is 0 Å². The molecule has 0 bridgehead atoms. The van der Waals surface area contributed by atoms with Crippen molar-refractivity contribution in [3.05, 3.63) is 11.6 Å². The normalized spacial score (nSPS) is 40.1. The average Bonchev–Trinajstić information content (AvgIpc) is 3.15. The number of rotatable bonds is 8. The van der Waals surface area contributed by atoms with Crippen LogP contribution in [-0.2, 0) is 4.74 Å². The van der Waals surface area contributed by atoms with Gasteiger partial charge in [0, 0.05) is 13.0 Å². The Labute approximate surface area is 210 Å². The van der Waals surface area contributed by atoms with Gasteiger partial charge in [0.05, 0.1) is 0 Å². The lowest BCUT2D eigenvalue weighted by atomic mass is 9.47. The van der Waals surface area contributed by atoms with Crippen molar-refractivity contribution in [1.29, 1.82) is 0 Å². The van der Waals surface area contributed by atoms with Crippen LogP contribution >= 0.6 is 0 Å². The van der Waals surface area contributed by atoms with Crippen molar-refractivity contribution < 1.29 is 9.53 Å². The Bertz CT molecular complexity index is 744. The highest BCUT2D eigenvalue weighted by Crippen LogP contribution is 2.67. The van der Waals surface area contributed by atoms with Crippen molar-refractivity contribution in [2.45, 2.75) is 125 Å². The van der Waals surface area contributed by atoms with Gasteiger partial charge in [0.25, 0.3) is 0 Å². The molecule has 4 aliphatic rings. The van der Waals surface area contributed by atoms with Gasteiger partial charge < -0.3 is 10.1 Å². The number of ether oxygens (including phenoxy) is 1. The maximum Gasteiger partial charge on any atom is 0.407 e. The maximum absolute atomic E-state index is 12.1. The third-order valence-corrected chi connectivity index (χ3v) is 11.1. The van der Waals surface area contributed by atoms with Gasteiger partial charge in [-0.25, -0.2) is 4.79 Å². The first-order chi connectivity index (χ1) is 16.2. The van der Waals surface area contributed by atoms with Gasteiger partial charge >= 0.3 is 6.09 Å². The minimum Gasteiger partial charge on any atom is -0.446 e. The van der Waals surface area contributed by atoms with Crippen LogP contribution < -0.4 is 5.32 Å². The van der Waals surface area contributed by atoms with Crippen molar-refractivity contribution in [1.82, 2.24) is 5.32 Å². The minimum absolute atomic E-state index is 0.0594. The van der Waals surface area contributed by atoms with Gasteiger partial charge in [0.1, 0.15) is 6.10 Å². The molecule has 5 unspecified atom stereocenters. The lowest BCUT2D eigenvalue weighted by molar-refractivity contribution is -0.0581. The van der Waals surface area contributed by atoms with Crippen LogP contribution in [0.1, 0.15) is 119 Å². The van der Waals surface area contributed by atoms with Crippen molar-refractivity contribution >= 4 is 6.09 Å². The second kappa shape index (κ2) is 10.6. The molecule has 194 valence electrons. The summed E-state index contributed by atoms with van der Waals surface area (Å²) in [5, 5.41) is 2.89. The highest BCUT2D eigenvalue weighted by molar-refractivity contribution is 5.67. The molecule has 8 atom stereocenters. The molecule has 0 aromatic heterocycles. The lowest BCUT2D eigenvalue weighted by Gasteiger charge is -2.58. The van der Waals surface area contributed by atoms with E-state index in [0.717, 1.165) is 54.8 Å². The van der Waals surface area contributed by atoms with Crippen LogP contribution in [-0.4, -0.2) is 18.7 Å². The molecule has 3 heteroatoms. The van der Waals surface area contributed by atoms with Gasteiger partial charge in [0.15, 0.2) is 0 Å². The largest absolute Gasteiger partial charge is 0.446 e. The maximum atomic E-state index is 12.1. The number of carbonyl (C=O) groups is 1. The molecule has 0 radical (unpaired) electrons. The van der Waals surface area contributed by atoms with Crippen LogP contribution in [0.15, 0.2) is 11.6 Å². The second-order valence-corrected chi connectivity index (χ2v) is 13.5. The molecule has 0 spiro atoms. The van der Waals surface area contributed by atoms with Crippen LogP contribution in [0.5, 0.6) is 0 Å². The molecule has 4 rings (SSSR count). The van der Waals surface area contributed by atoms with E-state index >= 15 is 0 Å². The van der Waals surface area contributed by atoms with Crippen molar-refractivity contribution in [2.24, 2.45) is 46.3 Å². The number of amides is 1. The van der Waals surface area contributed by atoms with Gasteiger partial charge in [-0.15, -0.1) is 0 Å². The van der Waals surface area contributed by atoms with E-state index in [9.17, 15) is 4.79 Å². The molecule has 34 heavy (non-hydrogen) atoms. The Balaban J connectivity index is 1.41. The molecule has 0 heterocycles. The van der Waals surface area contributed by atoms with Crippen molar-refractivity contribution in [2.75, 3.05) is 6.54 Å². The Morgan fingerprint density at radius 1 is 1.09 bits per heavy atom. The highest BCUT2D eigenvalue weighted by atomic mass is 16.6. The van der Waals surface area contributed by atoms with E-state index in [1.54, 1.807) is 5.57 Å². The number of fused-ring (bicyclic) bond motifs is 5. The standard InChI is InChI=1S/C31H53NO2/c1-7-19-32-29(33)34-24-15-17-30(5)23(20-24)11-12-25-27-14-13-26(22(4)10-8-9-21(2)3)31(27,6)18-16-28(25)30/h11,21-22,24-28H,7-10,12-20H2,1-6H3,(H,32,33)/t22?,24?,25?,26-,27?,28?,30+,31-/m1/s1. The van der Waals surface area contributed by atoms with Crippen LogP contribution in [0, 0.1) is 46.3 Å². The average molecular weight is 472 g/mol. The van der Waals surface area contributed by atoms with Crippen molar-refractivity contribution in [3.8, 4) is 0 Å². The second-order valence-electron chi connectivity index (χ2n) is 13.5. The molecule has 4 aliphatic carbocycles. The molecule has 0 saturated heterocycles. The van der Waals surface area contributed by atoms with Gasteiger partial charge in [-0.2, -0.15) is 0 Å². The van der Waals surface area contributed by atoms with E-state index in [1.165, 1.54) is 57.8 Å². The zero-order valence-electron chi connectivity index (χ0n) is 23.1. The summed E-state index contributed by atoms with van der Waals surface area (Å²) in [5.41, 5.74) is 2.48. The summed E-state index contributed by atoms with van der Waals surface area (Å²) < 4.78 is 5.81. The molecular formula is C31H53NO2.